The number of hydrogen-bond donors (Lipinski definition) is 1. The topological polar surface area (TPSA) is 46.5 Å². The molecule has 84 valence electrons. The number of rotatable bonds is 2. The van der Waals surface area contributed by atoms with Gasteiger partial charge in [-0.1, -0.05) is 0 Å². The van der Waals surface area contributed by atoms with Crippen LogP contribution in [0.2, 0.25) is 25.1 Å². The van der Waals surface area contributed by atoms with Crippen LogP contribution in [-0.2, 0) is 3.83 Å². The summed E-state index contributed by atoms with van der Waals surface area (Å²) < 4.78 is 23.7. The van der Waals surface area contributed by atoms with Crippen LogP contribution in [0.5, 0.6) is 5.75 Å². The second-order valence-electron chi connectivity index (χ2n) is 2.20. The van der Waals surface area contributed by atoms with Crippen LogP contribution in [0.1, 0.15) is 0 Å². The van der Waals surface area contributed by atoms with E-state index < -0.39 is 14.5 Å². The molecular formula is C6HCl5O3Se. The molecule has 0 aliphatic heterocycles. The Kier molecular flexibility index (Phi) is 4.96. The Hall–Kier alpha value is 0.749. The summed E-state index contributed by atoms with van der Waals surface area (Å²) in [6.07, 6.45) is 0. The fourth-order valence-electron chi connectivity index (χ4n) is 0.729. The minimum atomic E-state index is -3.46. The van der Waals surface area contributed by atoms with E-state index in [2.05, 4.69) is 3.82 Å². The molecule has 1 N–H and O–H groups in total. The van der Waals surface area contributed by atoms with Gasteiger partial charge in [-0.05, 0) is 0 Å². The molecule has 15 heavy (non-hydrogen) atoms. The molecule has 3 nitrogen and oxygen atoms in total. The van der Waals surface area contributed by atoms with E-state index in [1.165, 1.54) is 0 Å². The number of benzene rings is 1. The summed E-state index contributed by atoms with van der Waals surface area (Å²) in [6, 6.07) is 0. The van der Waals surface area contributed by atoms with Crippen LogP contribution in [0.15, 0.2) is 0 Å². The van der Waals surface area contributed by atoms with Crippen LogP contribution in [0.4, 0.5) is 0 Å². The van der Waals surface area contributed by atoms with Gasteiger partial charge < -0.3 is 0 Å². The molecule has 1 unspecified atom stereocenters. The van der Waals surface area contributed by atoms with Crippen LogP contribution in [-0.4, -0.2) is 18.7 Å². The van der Waals surface area contributed by atoms with Crippen molar-refractivity contribution in [3.05, 3.63) is 25.1 Å². The van der Waals surface area contributed by atoms with E-state index in [1.807, 2.05) is 0 Å². The van der Waals surface area contributed by atoms with Gasteiger partial charge in [0.05, 0.1) is 0 Å². The predicted octanol–water partition coefficient (Wildman–Crippen LogP) is 3.74. The first-order valence-electron chi connectivity index (χ1n) is 3.16. The summed E-state index contributed by atoms with van der Waals surface area (Å²) in [7, 11) is 0. The number of halogens is 5. The van der Waals surface area contributed by atoms with Gasteiger partial charge in [0.2, 0.25) is 0 Å². The first kappa shape index (κ1) is 13.8. The summed E-state index contributed by atoms with van der Waals surface area (Å²) in [5.41, 5.74) is 0. The normalized spacial score (nSPS) is 12.7. The van der Waals surface area contributed by atoms with Gasteiger partial charge in [0.15, 0.2) is 0 Å². The Bertz CT molecular complexity index is 406. The van der Waals surface area contributed by atoms with Crippen molar-refractivity contribution in [1.82, 2.24) is 0 Å². The zero-order valence-electron chi connectivity index (χ0n) is 6.56. The van der Waals surface area contributed by atoms with E-state index >= 15 is 0 Å². The van der Waals surface area contributed by atoms with Gasteiger partial charge in [-0.25, -0.2) is 0 Å². The monoisotopic (exact) mass is 376 g/mol. The molecule has 0 heterocycles. The summed E-state index contributed by atoms with van der Waals surface area (Å²) in [5, 5.41) is -0.532. The number of hydrogen-bond acceptors (Lipinski definition) is 2. The van der Waals surface area contributed by atoms with Gasteiger partial charge in [0, 0.05) is 0 Å². The quantitative estimate of drug-likeness (QED) is 0.485. The zero-order valence-corrected chi connectivity index (χ0v) is 12.1. The fourth-order valence-corrected chi connectivity index (χ4v) is 2.78. The fraction of sp³-hybridized carbons (Fsp3) is 0. The van der Waals surface area contributed by atoms with Gasteiger partial charge in [-0.3, -0.25) is 0 Å². The maximum atomic E-state index is 10.5. The predicted molar refractivity (Wildman–Crippen MR) is 60.8 cm³/mol. The molecule has 1 aromatic carbocycles. The van der Waals surface area contributed by atoms with Crippen LogP contribution in [0.3, 0.4) is 0 Å². The third-order valence-corrected chi connectivity index (χ3v) is 4.22. The van der Waals surface area contributed by atoms with Gasteiger partial charge in [0.25, 0.3) is 0 Å². The second kappa shape index (κ2) is 5.39. The average Bonchev–Trinajstić information content (AvgIpc) is 2.18. The molecular weight excluding hydrogens is 376 g/mol. The van der Waals surface area contributed by atoms with Crippen molar-refractivity contribution in [2.45, 2.75) is 0 Å². The molecule has 0 aliphatic rings. The van der Waals surface area contributed by atoms with Crippen molar-refractivity contribution in [3.63, 3.8) is 0 Å². The molecule has 0 amide bonds. The van der Waals surface area contributed by atoms with Crippen molar-refractivity contribution in [3.8, 4) is 5.75 Å². The summed E-state index contributed by atoms with van der Waals surface area (Å²) in [4.78, 5) is 0. The molecule has 1 atom stereocenters. The minimum absolute atomic E-state index is 0.0407. The first-order valence-corrected chi connectivity index (χ1v) is 7.22. The summed E-state index contributed by atoms with van der Waals surface area (Å²) in [5.74, 6) is -0.250. The zero-order chi connectivity index (χ0) is 11.7. The Balaban J connectivity index is 3.45. The molecule has 9 heteroatoms. The molecule has 0 saturated carbocycles. The third-order valence-electron chi connectivity index (χ3n) is 1.32. The van der Waals surface area contributed by atoms with E-state index in [-0.39, 0.29) is 30.9 Å². The Morgan fingerprint density at radius 2 is 1.20 bits per heavy atom. The molecule has 0 radical (unpaired) electrons. The van der Waals surface area contributed by atoms with E-state index in [0.717, 1.165) is 0 Å². The Morgan fingerprint density at radius 3 is 1.53 bits per heavy atom. The van der Waals surface area contributed by atoms with E-state index in [1.54, 1.807) is 0 Å². The molecule has 1 aromatic rings. The average molecular weight is 377 g/mol. The van der Waals surface area contributed by atoms with Gasteiger partial charge in [-0.15, -0.1) is 0 Å². The molecule has 0 saturated heterocycles. The van der Waals surface area contributed by atoms with Gasteiger partial charge >= 0.3 is 115 Å². The van der Waals surface area contributed by atoms with Crippen molar-refractivity contribution in [2.75, 3.05) is 0 Å². The van der Waals surface area contributed by atoms with Crippen molar-refractivity contribution >= 4 is 72.5 Å². The standard InChI is InChI=1S/C6HCl5O3Se/c7-1-2(8)4(10)6(14-15(12)13)5(11)3(1)9/h(H,12,13). The molecule has 1 rings (SSSR count). The summed E-state index contributed by atoms with van der Waals surface area (Å²) in [6.45, 7) is 0. The first-order chi connectivity index (χ1) is 6.86. The maximum absolute atomic E-state index is 10.5. The van der Waals surface area contributed by atoms with Crippen LogP contribution in [0.25, 0.3) is 0 Å². The van der Waals surface area contributed by atoms with Gasteiger partial charge in [-0.2, -0.15) is 0 Å². The van der Waals surface area contributed by atoms with Crippen molar-refractivity contribution in [1.29, 1.82) is 0 Å². The second-order valence-corrected chi connectivity index (χ2v) is 5.35. The molecule has 0 aromatic heterocycles. The molecule has 0 spiro atoms. The Morgan fingerprint density at radius 1 is 0.867 bits per heavy atom. The Labute approximate surface area is 115 Å². The van der Waals surface area contributed by atoms with Crippen molar-refractivity contribution in [2.24, 2.45) is 0 Å². The summed E-state index contributed by atoms with van der Waals surface area (Å²) >= 11 is 25.0. The molecule has 0 bridgehead atoms. The molecule has 0 aliphatic carbocycles. The molecule has 0 fully saturated rings. The van der Waals surface area contributed by atoms with E-state index in [0.29, 0.717) is 0 Å². The van der Waals surface area contributed by atoms with Gasteiger partial charge in [0.1, 0.15) is 0 Å². The van der Waals surface area contributed by atoms with E-state index in [4.69, 9.17) is 62.2 Å². The van der Waals surface area contributed by atoms with Crippen LogP contribution < -0.4 is 3.82 Å². The van der Waals surface area contributed by atoms with E-state index in [9.17, 15) is 3.83 Å². The van der Waals surface area contributed by atoms with Crippen molar-refractivity contribution < 1.29 is 11.8 Å². The van der Waals surface area contributed by atoms with Crippen LogP contribution >= 0.6 is 58.0 Å². The third kappa shape index (κ3) is 2.90. The van der Waals surface area contributed by atoms with Crippen LogP contribution in [0, 0.1) is 0 Å². The SMILES string of the molecule is O=[Se](O)Oc1c(Cl)c(Cl)c(Cl)c(Cl)c1Cl.